The molecule has 21 heavy (non-hydrogen) atoms. The molecular formula is C13H15BrN6O. The van der Waals surface area contributed by atoms with Gasteiger partial charge in [0.1, 0.15) is 6.07 Å². The third-order valence-electron chi connectivity index (χ3n) is 2.96. The fourth-order valence-corrected chi connectivity index (χ4v) is 2.53. The monoisotopic (exact) mass is 350 g/mol. The highest BCUT2D eigenvalue weighted by Crippen LogP contribution is 2.29. The standard InChI is InChI=1S/C13H15BrN6O/c14-10-7-9(18-19-11(8-15)13(16)17)1-2-12(10)20-3-5-21-6-4-20/h1-2,7,18H,3-6H2,(H3,16,17)/b19-11+. The van der Waals surface area contributed by atoms with Crippen LogP contribution in [0.5, 0.6) is 0 Å². The van der Waals surface area contributed by atoms with Gasteiger partial charge in [-0.25, -0.2) is 0 Å². The lowest BCUT2D eigenvalue weighted by molar-refractivity contribution is 0.122. The van der Waals surface area contributed by atoms with Crippen molar-refractivity contribution in [3.05, 3.63) is 22.7 Å². The molecule has 1 aromatic rings. The molecule has 4 N–H and O–H groups in total. The average Bonchev–Trinajstić information content (AvgIpc) is 2.48. The van der Waals surface area contributed by atoms with E-state index in [9.17, 15) is 0 Å². The summed E-state index contributed by atoms with van der Waals surface area (Å²) in [6.07, 6.45) is 0. The lowest BCUT2D eigenvalue weighted by Gasteiger charge is -2.29. The van der Waals surface area contributed by atoms with Gasteiger partial charge in [0.05, 0.1) is 24.6 Å². The van der Waals surface area contributed by atoms with Crippen molar-refractivity contribution >= 4 is 38.9 Å². The molecule has 7 nitrogen and oxygen atoms in total. The van der Waals surface area contributed by atoms with Gasteiger partial charge in [0.2, 0.25) is 5.71 Å². The van der Waals surface area contributed by atoms with Gasteiger partial charge in [-0.2, -0.15) is 10.4 Å². The number of benzene rings is 1. The molecule has 0 spiro atoms. The van der Waals surface area contributed by atoms with Gasteiger partial charge in [-0.1, -0.05) is 0 Å². The smallest absolute Gasteiger partial charge is 0.201 e. The van der Waals surface area contributed by atoms with Crippen molar-refractivity contribution in [1.29, 1.82) is 10.7 Å². The molecule has 0 bridgehead atoms. The minimum atomic E-state index is -0.367. The fraction of sp³-hybridized carbons (Fsp3) is 0.308. The highest BCUT2D eigenvalue weighted by Gasteiger charge is 2.14. The molecule has 2 rings (SSSR count). The van der Waals surface area contributed by atoms with E-state index in [0.717, 1.165) is 36.5 Å². The van der Waals surface area contributed by atoms with E-state index in [-0.39, 0.29) is 11.5 Å². The number of hydrogen-bond acceptors (Lipinski definition) is 6. The van der Waals surface area contributed by atoms with Crippen LogP contribution in [0.4, 0.5) is 11.4 Å². The molecule has 1 saturated heterocycles. The second-order valence-electron chi connectivity index (χ2n) is 4.36. The van der Waals surface area contributed by atoms with Crippen LogP contribution in [0.1, 0.15) is 0 Å². The molecule has 1 heterocycles. The maximum absolute atomic E-state index is 8.77. The van der Waals surface area contributed by atoms with Crippen molar-refractivity contribution in [2.24, 2.45) is 10.8 Å². The summed E-state index contributed by atoms with van der Waals surface area (Å²) >= 11 is 3.53. The molecule has 110 valence electrons. The molecule has 0 aliphatic carbocycles. The number of hydrogen-bond donors (Lipinski definition) is 3. The summed E-state index contributed by atoms with van der Waals surface area (Å²) in [5, 5.41) is 19.8. The van der Waals surface area contributed by atoms with E-state index in [1.165, 1.54) is 0 Å². The predicted octanol–water partition coefficient (Wildman–Crippen LogP) is 1.51. The molecule has 1 fully saturated rings. The number of rotatable bonds is 4. The van der Waals surface area contributed by atoms with Crippen LogP contribution in [0, 0.1) is 16.7 Å². The molecule has 8 heteroatoms. The summed E-state index contributed by atoms with van der Waals surface area (Å²) in [5.41, 5.74) is 9.58. The number of amidine groups is 1. The Morgan fingerprint density at radius 2 is 2.19 bits per heavy atom. The number of nitriles is 1. The summed E-state index contributed by atoms with van der Waals surface area (Å²) in [5.74, 6) is -0.367. The first kappa shape index (κ1) is 15.3. The predicted molar refractivity (Wildman–Crippen MR) is 85.8 cm³/mol. The number of anilines is 2. The molecule has 1 aliphatic rings. The summed E-state index contributed by atoms with van der Waals surface area (Å²) in [7, 11) is 0. The lowest BCUT2D eigenvalue weighted by Crippen LogP contribution is -2.36. The van der Waals surface area contributed by atoms with Crippen molar-refractivity contribution in [1.82, 2.24) is 0 Å². The van der Waals surface area contributed by atoms with Crippen molar-refractivity contribution in [3.8, 4) is 6.07 Å². The van der Waals surface area contributed by atoms with Crippen LogP contribution in [0.3, 0.4) is 0 Å². The quantitative estimate of drug-likeness (QED) is 0.433. The number of ether oxygens (including phenoxy) is 1. The SMILES string of the molecule is N#C/C(=N\Nc1ccc(N2CCOCC2)c(Br)c1)C(=N)N. The third-order valence-corrected chi connectivity index (χ3v) is 3.59. The first-order valence-corrected chi connectivity index (χ1v) is 7.11. The van der Waals surface area contributed by atoms with Gasteiger partial charge in [0, 0.05) is 17.6 Å². The van der Waals surface area contributed by atoms with E-state index in [1.54, 1.807) is 6.07 Å². The minimum Gasteiger partial charge on any atom is -0.382 e. The zero-order chi connectivity index (χ0) is 15.2. The van der Waals surface area contributed by atoms with Gasteiger partial charge in [-0.05, 0) is 34.1 Å². The molecule has 0 aromatic heterocycles. The molecule has 0 amide bonds. The van der Waals surface area contributed by atoms with Gasteiger partial charge < -0.3 is 15.4 Å². The van der Waals surface area contributed by atoms with E-state index in [4.69, 9.17) is 21.1 Å². The van der Waals surface area contributed by atoms with Gasteiger partial charge in [0.15, 0.2) is 5.84 Å². The Morgan fingerprint density at radius 1 is 1.48 bits per heavy atom. The van der Waals surface area contributed by atoms with E-state index < -0.39 is 0 Å². The summed E-state index contributed by atoms with van der Waals surface area (Å²) in [6.45, 7) is 3.15. The maximum atomic E-state index is 8.77. The van der Waals surface area contributed by atoms with E-state index >= 15 is 0 Å². The van der Waals surface area contributed by atoms with Gasteiger partial charge in [-0.3, -0.25) is 10.8 Å². The van der Waals surface area contributed by atoms with Crippen LogP contribution in [-0.2, 0) is 4.74 Å². The van der Waals surface area contributed by atoms with Gasteiger partial charge in [-0.15, -0.1) is 0 Å². The lowest BCUT2D eigenvalue weighted by atomic mass is 10.2. The largest absolute Gasteiger partial charge is 0.382 e. The Kier molecular flexibility index (Phi) is 5.14. The van der Waals surface area contributed by atoms with Crippen LogP contribution >= 0.6 is 15.9 Å². The van der Waals surface area contributed by atoms with Crippen molar-refractivity contribution in [2.75, 3.05) is 36.6 Å². The van der Waals surface area contributed by atoms with Crippen LogP contribution in [0.2, 0.25) is 0 Å². The van der Waals surface area contributed by atoms with Gasteiger partial charge >= 0.3 is 0 Å². The number of nitrogens with two attached hydrogens (primary N) is 1. The first-order chi connectivity index (χ1) is 10.1. The molecule has 0 saturated carbocycles. The topological polar surface area (TPSA) is 111 Å². The summed E-state index contributed by atoms with van der Waals surface area (Å²) in [4.78, 5) is 2.23. The number of nitrogens with one attached hydrogen (secondary N) is 2. The zero-order valence-electron chi connectivity index (χ0n) is 11.3. The highest BCUT2D eigenvalue weighted by atomic mass is 79.9. The zero-order valence-corrected chi connectivity index (χ0v) is 12.9. The third kappa shape index (κ3) is 3.93. The Bertz CT molecular complexity index is 603. The molecule has 0 radical (unpaired) electrons. The molecular weight excluding hydrogens is 336 g/mol. The van der Waals surface area contributed by atoms with Gasteiger partial charge in [0.25, 0.3) is 0 Å². The van der Waals surface area contributed by atoms with Crippen molar-refractivity contribution in [3.63, 3.8) is 0 Å². The van der Waals surface area contributed by atoms with Crippen LogP contribution in [-0.4, -0.2) is 37.9 Å². The number of morpholine rings is 1. The normalized spacial score (nSPS) is 15.4. The van der Waals surface area contributed by atoms with E-state index in [0.29, 0.717) is 5.69 Å². The van der Waals surface area contributed by atoms with Crippen molar-refractivity contribution < 1.29 is 4.74 Å². The van der Waals surface area contributed by atoms with Crippen LogP contribution < -0.4 is 16.1 Å². The Hall–Kier alpha value is -2.11. The Labute approximate surface area is 131 Å². The number of halogens is 1. The second-order valence-corrected chi connectivity index (χ2v) is 5.22. The minimum absolute atomic E-state index is 0.150. The summed E-state index contributed by atoms with van der Waals surface area (Å²) < 4.78 is 6.26. The van der Waals surface area contributed by atoms with E-state index in [2.05, 4.69) is 31.4 Å². The number of hydrazone groups is 1. The first-order valence-electron chi connectivity index (χ1n) is 6.32. The highest BCUT2D eigenvalue weighted by molar-refractivity contribution is 9.10. The Morgan fingerprint density at radius 3 is 2.76 bits per heavy atom. The Balaban J connectivity index is 2.12. The molecule has 0 atom stereocenters. The summed E-state index contributed by atoms with van der Waals surface area (Å²) in [6, 6.07) is 7.44. The van der Waals surface area contributed by atoms with Crippen LogP contribution in [0.25, 0.3) is 0 Å². The van der Waals surface area contributed by atoms with Crippen molar-refractivity contribution in [2.45, 2.75) is 0 Å². The second kappa shape index (κ2) is 7.06. The fourth-order valence-electron chi connectivity index (χ4n) is 1.90. The average molecular weight is 351 g/mol. The molecule has 0 unspecified atom stereocenters. The molecule has 1 aliphatic heterocycles. The van der Waals surface area contributed by atoms with Crippen LogP contribution in [0.15, 0.2) is 27.8 Å². The van der Waals surface area contributed by atoms with E-state index in [1.807, 2.05) is 18.2 Å². The maximum Gasteiger partial charge on any atom is 0.201 e. The molecule has 1 aromatic carbocycles. The number of nitrogens with zero attached hydrogens (tertiary/aromatic N) is 3.